The third kappa shape index (κ3) is 4.43. The van der Waals surface area contributed by atoms with E-state index in [1.54, 1.807) is 31.3 Å². The summed E-state index contributed by atoms with van der Waals surface area (Å²) in [7, 11) is 5.53. The highest BCUT2D eigenvalue weighted by atomic mass is 16.3. The van der Waals surface area contributed by atoms with Gasteiger partial charge in [-0.15, -0.1) is 0 Å². The van der Waals surface area contributed by atoms with Gasteiger partial charge >= 0.3 is 0 Å². The number of nitrogen functional groups attached to an aromatic ring is 1. The van der Waals surface area contributed by atoms with Crippen LogP contribution in [0.2, 0.25) is 0 Å². The molecule has 5 rings (SSSR count). The van der Waals surface area contributed by atoms with Gasteiger partial charge in [0.2, 0.25) is 0 Å². The molecule has 4 N–H and O–H groups in total. The van der Waals surface area contributed by atoms with E-state index in [0.717, 1.165) is 27.7 Å². The highest BCUT2D eigenvalue weighted by molar-refractivity contribution is 6.05. The monoisotopic (exact) mass is 506 g/mol. The zero-order valence-electron chi connectivity index (χ0n) is 21.6. The van der Waals surface area contributed by atoms with Crippen LogP contribution in [0.3, 0.4) is 0 Å². The van der Waals surface area contributed by atoms with E-state index >= 15 is 0 Å². The number of aromatic hydroxyl groups is 1. The Labute approximate surface area is 220 Å². The fraction of sp³-hybridized carbons (Fsp3) is 0.161. The molecule has 7 heteroatoms. The van der Waals surface area contributed by atoms with E-state index in [1.165, 1.54) is 4.57 Å². The molecular formula is C31H30N4O3. The molecule has 0 bridgehead atoms. The van der Waals surface area contributed by atoms with E-state index in [-0.39, 0.29) is 17.7 Å². The number of aryl methyl sites for hydroxylation is 1. The van der Waals surface area contributed by atoms with Crippen LogP contribution < -0.4 is 21.5 Å². The van der Waals surface area contributed by atoms with Crippen LogP contribution in [0.15, 0.2) is 89.7 Å². The molecule has 192 valence electrons. The number of hydrogen-bond acceptors (Lipinski definition) is 6. The maximum Gasteiger partial charge on any atom is 0.265 e. The number of hydrogen-bond donors (Lipinski definition) is 3. The Hall–Kier alpha value is -4.78. The molecule has 0 saturated carbocycles. The normalized spacial score (nSPS) is 12.0. The molecule has 0 spiro atoms. The van der Waals surface area contributed by atoms with Crippen molar-refractivity contribution >= 4 is 44.5 Å². The van der Waals surface area contributed by atoms with Crippen molar-refractivity contribution < 1.29 is 9.90 Å². The lowest BCUT2D eigenvalue weighted by Crippen LogP contribution is -2.27. The Balaban J connectivity index is 1.59. The number of ketones is 1. The SMILES string of the molecule is CN(C)c1ccc(C(CC(=O)c2c(O)c3ccccc3n(C)c2=O)Nc2cccc3cccc(N)c23)cc1. The lowest BCUT2D eigenvalue weighted by molar-refractivity contribution is 0.0972. The number of nitrogens with two attached hydrogens (primary N) is 1. The number of aromatic nitrogens is 1. The van der Waals surface area contributed by atoms with Gasteiger partial charge in [0.15, 0.2) is 5.78 Å². The topological polar surface area (TPSA) is 101 Å². The van der Waals surface area contributed by atoms with Gasteiger partial charge in [-0.1, -0.05) is 48.5 Å². The first kappa shape index (κ1) is 24.9. The summed E-state index contributed by atoms with van der Waals surface area (Å²) < 4.78 is 1.40. The van der Waals surface area contributed by atoms with Gasteiger partial charge in [0.05, 0.1) is 11.6 Å². The van der Waals surface area contributed by atoms with E-state index in [0.29, 0.717) is 16.6 Å². The van der Waals surface area contributed by atoms with Crippen LogP contribution in [0.1, 0.15) is 28.4 Å². The highest BCUT2D eigenvalue weighted by Crippen LogP contribution is 2.34. The average Bonchev–Trinajstić information content (AvgIpc) is 2.92. The molecule has 0 fully saturated rings. The van der Waals surface area contributed by atoms with Crippen molar-refractivity contribution in [2.75, 3.05) is 30.0 Å². The lowest BCUT2D eigenvalue weighted by Gasteiger charge is -2.23. The van der Waals surface area contributed by atoms with Gasteiger partial charge in [-0.2, -0.15) is 0 Å². The molecule has 5 aromatic rings. The molecule has 7 nitrogen and oxygen atoms in total. The molecule has 0 saturated heterocycles. The Kier molecular flexibility index (Phi) is 6.51. The van der Waals surface area contributed by atoms with Gasteiger partial charge in [-0.3, -0.25) is 9.59 Å². The zero-order valence-corrected chi connectivity index (χ0v) is 21.6. The first-order valence-corrected chi connectivity index (χ1v) is 12.4. The molecular weight excluding hydrogens is 476 g/mol. The van der Waals surface area contributed by atoms with E-state index in [9.17, 15) is 14.7 Å². The van der Waals surface area contributed by atoms with Gasteiger partial charge < -0.3 is 25.6 Å². The number of nitrogens with zero attached hydrogens (tertiary/aromatic N) is 2. The Morgan fingerprint density at radius 3 is 2.37 bits per heavy atom. The zero-order chi connectivity index (χ0) is 27.0. The summed E-state index contributed by atoms with van der Waals surface area (Å²) in [5.74, 6) is -0.735. The molecule has 0 radical (unpaired) electrons. The quantitative estimate of drug-likeness (QED) is 0.200. The third-order valence-electron chi connectivity index (χ3n) is 7.02. The number of nitrogens with one attached hydrogen (secondary N) is 1. The van der Waals surface area contributed by atoms with E-state index in [2.05, 4.69) is 5.32 Å². The summed E-state index contributed by atoms with van der Waals surface area (Å²) in [6.07, 6.45) is -0.0500. The molecule has 1 aromatic heterocycles. The number of Topliss-reactive ketones (excluding diaryl/α,β-unsaturated/α-hetero) is 1. The minimum Gasteiger partial charge on any atom is -0.506 e. The first-order chi connectivity index (χ1) is 18.3. The maximum absolute atomic E-state index is 13.7. The smallest absolute Gasteiger partial charge is 0.265 e. The molecule has 1 unspecified atom stereocenters. The summed E-state index contributed by atoms with van der Waals surface area (Å²) in [6.45, 7) is 0. The second-order valence-corrected chi connectivity index (χ2v) is 9.67. The van der Waals surface area contributed by atoms with E-state index in [4.69, 9.17) is 5.73 Å². The van der Waals surface area contributed by atoms with Gasteiger partial charge in [-0.05, 0) is 47.3 Å². The first-order valence-electron chi connectivity index (χ1n) is 12.4. The van der Waals surface area contributed by atoms with Crippen LogP contribution in [0.25, 0.3) is 21.7 Å². The molecule has 0 amide bonds. The Morgan fingerprint density at radius 1 is 0.974 bits per heavy atom. The van der Waals surface area contributed by atoms with Crippen LogP contribution in [-0.2, 0) is 7.05 Å². The van der Waals surface area contributed by atoms with Crippen molar-refractivity contribution in [1.82, 2.24) is 4.57 Å². The summed E-state index contributed by atoms with van der Waals surface area (Å²) >= 11 is 0. The summed E-state index contributed by atoms with van der Waals surface area (Å²) in [5.41, 5.74) is 9.46. The summed E-state index contributed by atoms with van der Waals surface area (Å²) in [6, 6.07) is 26.0. The van der Waals surface area contributed by atoms with Crippen molar-refractivity contribution in [3.8, 4) is 5.75 Å². The third-order valence-corrected chi connectivity index (χ3v) is 7.02. The van der Waals surface area contributed by atoms with Crippen molar-refractivity contribution in [1.29, 1.82) is 0 Å². The maximum atomic E-state index is 13.7. The lowest BCUT2D eigenvalue weighted by atomic mass is 9.95. The fourth-order valence-corrected chi connectivity index (χ4v) is 4.95. The molecule has 1 heterocycles. The predicted molar refractivity (Wildman–Crippen MR) is 155 cm³/mol. The van der Waals surface area contributed by atoms with Gasteiger partial charge in [0, 0.05) is 55.4 Å². The Morgan fingerprint density at radius 2 is 1.66 bits per heavy atom. The second-order valence-electron chi connectivity index (χ2n) is 9.67. The second kappa shape index (κ2) is 9.94. The molecule has 1 atom stereocenters. The number of pyridine rings is 1. The number of fused-ring (bicyclic) bond motifs is 2. The minimum absolute atomic E-state index is 0.0500. The van der Waals surface area contributed by atoms with Gasteiger partial charge in [0.1, 0.15) is 11.3 Å². The van der Waals surface area contributed by atoms with Crippen LogP contribution in [-0.4, -0.2) is 29.6 Å². The van der Waals surface area contributed by atoms with Gasteiger partial charge in [0.25, 0.3) is 5.56 Å². The van der Waals surface area contributed by atoms with Crippen LogP contribution in [0.5, 0.6) is 5.75 Å². The van der Waals surface area contributed by atoms with Crippen molar-refractivity contribution in [3.05, 3.63) is 106 Å². The van der Waals surface area contributed by atoms with Crippen molar-refractivity contribution in [3.63, 3.8) is 0 Å². The van der Waals surface area contributed by atoms with Crippen molar-refractivity contribution in [2.45, 2.75) is 12.5 Å². The fourth-order valence-electron chi connectivity index (χ4n) is 4.95. The number of anilines is 3. The number of benzene rings is 4. The largest absolute Gasteiger partial charge is 0.506 e. The van der Waals surface area contributed by atoms with Crippen LogP contribution in [0.4, 0.5) is 17.1 Å². The van der Waals surface area contributed by atoms with Crippen LogP contribution >= 0.6 is 0 Å². The van der Waals surface area contributed by atoms with Crippen LogP contribution in [0, 0.1) is 0 Å². The summed E-state index contributed by atoms with van der Waals surface area (Å²) in [4.78, 5) is 28.9. The predicted octanol–water partition coefficient (Wildman–Crippen LogP) is 5.47. The van der Waals surface area contributed by atoms with E-state index < -0.39 is 17.4 Å². The number of carbonyl (C=O) groups excluding carboxylic acids is 1. The van der Waals surface area contributed by atoms with Crippen molar-refractivity contribution in [2.24, 2.45) is 7.05 Å². The number of para-hydroxylation sites is 1. The number of carbonyl (C=O) groups is 1. The summed E-state index contributed by atoms with van der Waals surface area (Å²) in [5, 5.41) is 16.8. The Bertz CT molecular complexity index is 1720. The van der Waals surface area contributed by atoms with Gasteiger partial charge in [-0.25, -0.2) is 0 Å². The molecule has 0 aliphatic carbocycles. The minimum atomic E-state index is -0.526. The highest BCUT2D eigenvalue weighted by Gasteiger charge is 2.25. The molecule has 38 heavy (non-hydrogen) atoms. The number of rotatable bonds is 7. The standard InChI is InChI=1S/C31H30N4O3/c1-34(2)21-16-14-19(15-17-21)25(33-24-12-7-9-20-8-6-11-23(32)28(20)24)18-27(36)29-30(37)22-10-4-5-13-26(22)35(3)31(29)38/h4-17,25,33,37H,18,32H2,1-3H3. The molecule has 0 aliphatic heterocycles. The van der Waals surface area contributed by atoms with E-state index in [1.807, 2.05) is 79.7 Å². The molecule has 0 aliphatic rings. The molecule has 4 aromatic carbocycles. The average molecular weight is 507 g/mol.